The lowest BCUT2D eigenvalue weighted by Crippen LogP contribution is -2.42. The summed E-state index contributed by atoms with van der Waals surface area (Å²) in [5, 5.41) is 3.33. The van der Waals surface area contributed by atoms with E-state index < -0.39 is 6.10 Å². The number of hydrogen-bond acceptors (Lipinski definition) is 3. The third-order valence-corrected chi connectivity index (χ3v) is 3.29. The molecule has 0 saturated carbocycles. The smallest absolute Gasteiger partial charge is 0.260 e. The predicted octanol–water partition coefficient (Wildman–Crippen LogP) is 2.99. The van der Waals surface area contributed by atoms with Gasteiger partial charge >= 0.3 is 0 Å². The molecule has 3 N–H and O–H groups in total. The largest absolute Gasteiger partial charge is 0.477 e. The maximum absolute atomic E-state index is 12.0. The number of carbonyl (C=O) groups excluding carboxylic acids is 1. The van der Waals surface area contributed by atoms with E-state index in [4.69, 9.17) is 22.1 Å². The van der Waals surface area contributed by atoms with Gasteiger partial charge in [0.2, 0.25) is 0 Å². The summed E-state index contributed by atoms with van der Waals surface area (Å²) < 4.78 is 5.56. The normalized spacial score (nSPS) is 12.3. The van der Waals surface area contributed by atoms with Crippen molar-refractivity contribution in [3.8, 4) is 5.75 Å². The Bertz CT molecular complexity index is 413. The van der Waals surface area contributed by atoms with E-state index in [0.717, 1.165) is 12.8 Å². The van der Waals surface area contributed by atoms with E-state index in [1.54, 1.807) is 25.1 Å². The van der Waals surface area contributed by atoms with Crippen molar-refractivity contribution in [1.82, 2.24) is 5.32 Å². The molecule has 0 aliphatic heterocycles. The Morgan fingerprint density at radius 2 is 2.05 bits per heavy atom. The van der Waals surface area contributed by atoms with Crippen LogP contribution in [0.4, 0.5) is 5.69 Å². The van der Waals surface area contributed by atoms with Crippen LogP contribution in [0.5, 0.6) is 5.75 Å². The topological polar surface area (TPSA) is 64.3 Å². The van der Waals surface area contributed by atoms with Gasteiger partial charge in [0, 0.05) is 6.04 Å². The highest BCUT2D eigenvalue weighted by Crippen LogP contribution is 2.31. The molecule has 0 aromatic heterocycles. The van der Waals surface area contributed by atoms with Gasteiger partial charge in [0.25, 0.3) is 5.91 Å². The van der Waals surface area contributed by atoms with E-state index in [0.29, 0.717) is 16.5 Å². The number of nitrogens with one attached hydrogen (secondary N) is 1. The number of rotatable bonds is 6. The molecule has 1 aromatic rings. The van der Waals surface area contributed by atoms with Gasteiger partial charge < -0.3 is 15.8 Å². The van der Waals surface area contributed by atoms with Crippen LogP contribution in [0.2, 0.25) is 5.02 Å². The second-order valence-electron chi connectivity index (χ2n) is 4.44. The predicted molar refractivity (Wildman–Crippen MR) is 78.5 cm³/mol. The first-order chi connectivity index (χ1) is 8.99. The van der Waals surface area contributed by atoms with Crippen molar-refractivity contribution < 1.29 is 9.53 Å². The fourth-order valence-electron chi connectivity index (χ4n) is 1.69. The van der Waals surface area contributed by atoms with E-state index in [9.17, 15) is 4.79 Å². The zero-order valence-electron chi connectivity index (χ0n) is 11.6. The molecule has 0 aliphatic rings. The molecule has 1 rings (SSSR count). The summed E-state index contributed by atoms with van der Waals surface area (Å²) in [5.74, 6) is 0.199. The van der Waals surface area contributed by atoms with E-state index in [2.05, 4.69) is 5.32 Å². The molecule has 0 saturated heterocycles. The zero-order valence-corrected chi connectivity index (χ0v) is 12.3. The fourth-order valence-corrected chi connectivity index (χ4v) is 1.92. The molecular formula is C14H21ClN2O2. The molecule has 1 atom stereocenters. The Kier molecular flexibility index (Phi) is 5.96. The number of amides is 1. The quantitative estimate of drug-likeness (QED) is 0.789. The van der Waals surface area contributed by atoms with Gasteiger partial charge in [-0.05, 0) is 31.9 Å². The molecule has 0 fully saturated rings. The average molecular weight is 285 g/mol. The Labute approximate surface area is 119 Å². The molecule has 0 aliphatic carbocycles. The van der Waals surface area contributed by atoms with E-state index in [-0.39, 0.29) is 11.9 Å². The van der Waals surface area contributed by atoms with Crippen LogP contribution in [0.25, 0.3) is 0 Å². The molecule has 0 spiro atoms. The highest BCUT2D eigenvalue weighted by Gasteiger charge is 2.19. The zero-order chi connectivity index (χ0) is 14.4. The van der Waals surface area contributed by atoms with Crippen LogP contribution in [0.15, 0.2) is 18.2 Å². The molecule has 0 radical (unpaired) electrons. The second-order valence-corrected chi connectivity index (χ2v) is 4.85. The summed E-state index contributed by atoms with van der Waals surface area (Å²) in [6.45, 7) is 5.75. The summed E-state index contributed by atoms with van der Waals surface area (Å²) in [4.78, 5) is 12.0. The van der Waals surface area contributed by atoms with Crippen LogP contribution in [0, 0.1) is 0 Å². The Morgan fingerprint density at radius 1 is 1.42 bits per heavy atom. The number of nitrogens with two attached hydrogens (primary N) is 1. The minimum Gasteiger partial charge on any atom is -0.477 e. The fraction of sp³-hybridized carbons (Fsp3) is 0.500. The van der Waals surface area contributed by atoms with Gasteiger partial charge in [-0.25, -0.2) is 0 Å². The highest BCUT2D eigenvalue weighted by molar-refractivity contribution is 6.32. The highest BCUT2D eigenvalue weighted by atomic mass is 35.5. The van der Waals surface area contributed by atoms with Crippen molar-refractivity contribution in [2.75, 3.05) is 5.73 Å². The lowest BCUT2D eigenvalue weighted by atomic mass is 10.1. The minimum atomic E-state index is -0.636. The standard InChI is InChI=1S/C14H21ClN2O2/c1-4-10(5-2)17-14(18)9(3)19-13-11(15)7-6-8-12(13)16/h6-10H,4-5,16H2,1-3H3,(H,17,18). The van der Waals surface area contributed by atoms with Crippen molar-refractivity contribution >= 4 is 23.2 Å². The molecule has 1 aromatic carbocycles. The van der Waals surface area contributed by atoms with Crippen LogP contribution in [0.1, 0.15) is 33.6 Å². The van der Waals surface area contributed by atoms with Crippen molar-refractivity contribution in [3.05, 3.63) is 23.2 Å². The second kappa shape index (κ2) is 7.24. The number of carbonyl (C=O) groups is 1. The summed E-state index contributed by atoms with van der Waals surface area (Å²) >= 11 is 6.00. The molecule has 5 heteroatoms. The van der Waals surface area contributed by atoms with Gasteiger partial charge in [-0.2, -0.15) is 0 Å². The Morgan fingerprint density at radius 3 is 2.58 bits per heavy atom. The number of ether oxygens (including phenoxy) is 1. The molecular weight excluding hydrogens is 264 g/mol. The summed E-state index contributed by atoms with van der Waals surface area (Å²) in [6.07, 6.45) is 1.15. The van der Waals surface area contributed by atoms with Crippen LogP contribution >= 0.6 is 11.6 Å². The SMILES string of the molecule is CCC(CC)NC(=O)C(C)Oc1c(N)cccc1Cl. The number of anilines is 1. The van der Waals surface area contributed by atoms with Crippen LogP contribution in [-0.4, -0.2) is 18.1 Å². The number of para-hydroxylation sites is 1. The maximum Gasteiger partial charge on any atom is 0.260 e. The first-order valence-corrected chi connectivity index (χ1v) is 6.88. The average Bonchev–Trinajstić information content (AvgIpc) is 2.39. The third-order valence-electron chi connectivity index (χ3n) is 2.99. The van der Waals surface area contributed by atoms with Crippen LogP contribution in [0.3, 0.4) is 0 Å². The third kappa shape index (κ3) is 4.31. The summed E-state index contributed by atoms with van der Waals surface area (Å²) in [5.41, 5.74) is 6.21. The van der Waals surface area contributed by atoms with E-state index in [1.165, 1.54) is 0 Å². The first-order valence-electron chi connectivity index (χ1n) is 6.50. The Hall–Kier alpha value is -1.42. The van der Waals surface area contributed by atoms with E-state index in [1.807, 2.05) is 13.8 Å². The number of halogens is 1. The van der Waals surface area contributed by atoms with Gasteiger partial charge in [0.15, 0.2) is 11.9 Å². The molecule has 19 heavy (non-hydrogen) atoms. The molecule has 106 valence electrons. The molecule has 0 heterocycles. The minimum absolute atomic E-state index is 0.159. The van der Waals surface area contributed by atoms with Crippen LogP contribution in [-0.2, 0) is 4.79 Å². The van der Waals surface area contributed by atoms with Gasteiger partial charge in [-0.15, -0.1) is 0 Å². The molecule has 0 bridgehead atoms. The van der Waals surface area contributed by atoms with Crippen molar-refractivity contribution in [2.45, 2.75) is 45.8 Å². The van der Waals surface area contributed by atoms with Crippen LogP contribution < -0.4 is 15.8 Å². The number of benzene rings is 1. The number of nitrogen functional groups attached to an aromatic ring is 1. The van der Waals surface area contributed by atoms with Crippen molar-refractivity contribution in [3.63, 3.8) is 0 Å². The van der Waals surface area contributed by atoms with Crippen molar-refractivity contribution in [1.29, 1.82) is 0 Å². The maximum atomic E-state index is 12.0. The van der Waals surface area contributed by atoms with Crippen molar-refractivity contribution in [2.24, 2.45) is 0 Å². The van der Waals surface area contributed by atoms with Gasteiger partial charge in [0.05, 0.1) is 10.7 Å². The summed E-state index contributed by atoms with van der Waals surface area (Å²) in [7, 11) is 0. The monoisotopic (exact) mass is 284 g/mol. The summed E-state index contributed by atoms with van der Waals surface area (Å²) in [6, 6.07) is 5.27. The molecule has 1 unspecified atom stereocenters. The molecule has 1 amide bonds. The van der Waals surface area contributed by atoms with E-state index >= 15 is 0 Å². The number of hydrogen-bond donors (Lipinski definition) is 2. The Balaban J connectivity index is 2.69. The van der Waals surface area contributed by atoms with Gasteiger partial charge in [0.1, 0.15) is 0 Å². The van der Waals surface area contributed by atoms with Gasteiger partial charge in [-0.1, -0.05) is 31.5 Å². The molecule has 4 nitrogen and oxygen atoms in total. The first kappa shape index (κ1) is 15.6. The van der Waals surface area contributed by atoms with Gasteiger partial charge in [-0.3, -0.25) is 4.79 Å². The lowest BCUT2D eigenvalue weighted by Gasteiger charge is -2.20. The lowest BCUT2D eigenvalue weighted by molar-refractivity contribution is -0.128.